The Labute approximate surface area is 106 Å². The highest BCUT2D eigenvalue weighted by Gasteiger charge is 2.20. The number of aryl methyl sites for hydroxylation is 1. The summed E-state index contributed by atoms with van der Waals surface area (Å²) in [5.41, 5.74) is -0.847. The van der Waals surface area contributed by atoms with Crippen molar-refractivity contribution in [3.8, 4) is 0 Å². The minimum Gasteiger partial charge on any atom is -0.469 e. The Balaban J connectivity index is 2.21. The first kappa shape index (κ1) is 14.1. The molecule has 0 aliphatic heterocycles. The number of amides is 1. The van der Waals surface area contributed by atoms with E-state index in [1.807, 2.05) is 12.3 Å². The summed E-state index contributed by atoms with van der Waals surface area (Å²) >= 11 is 1.56. The van der Waals surface area contributed by atoms with E-state index in [-0.39, 0.29) is 12.5 Å². The number of nitrogens with one attached hydrogen (secondary N) is 1. The topological polar surface area (TPSA) is 62.5 Å². The molecule has 2 N–H and O–H groups in total. The summed E-state index contributed by atoms with van der Waals surface area (Å²) in [6, 6.07) is 3.65. The van der Waals surface area contributed by atoms with Crippen LogP contribution < -0.4 is 5.32 Å². The average Bonchev–Trinajstić information content (AvgIpc) is 2.76. The number of hydrogen-bond donors (Lipinski definition) is 2. The highest BCUT2D eigenvalue weighted by molar-refractivity contribution is 7.98. The fourth-order valence-corrected chi connectivity index (χ4v) is 2.15. The molecule has 0 saturated heterocycles. The molecule has 0 spiro atoms. The van der Waals surface area contributed by atoms with Gasteiger partial charge in [-0.3, -0.25) is 4.79 Å². The molecule has 1 aromatic heterocycles. The van der Waals surface area contributed by atoms with Gasteiger partial charge in [0.2, 0.25) is 5.91 Å². The van der Waals surface area contributed by atoms with Gasteiger partial charge in [0.05, 0.1) is 11.9 Å². The van der Waals surface area contributed by atoms with Crippen LogP contribution in [0.2, 0.25) is 0 Å². The van der Waals surface area contributed by atoms with E-state index in [4.69, 9.17) is 4.42 Å². The molecule has 0 aliphatic rings. The Kier molecular flexibility index (Phi) is 5.58. The molecule has 0 fully saturated rings. The SMILES string of the molecule is CSCC(C)(O)CNC(=O)CCc1ccco1. The molecule has 0 saturated carbocycles. The van der Waals surface area contributed by atoms with Gasteiger partial charge < -0.3 is 14.8 Å². The van der Waals surface area contributed by atoms with Crippen LogP contribution in [0.15, 0.2) is 22.8 Å². The smallest absolute Gasteiger partial charge is 0.220 e. The third-order valence-electron chi connectivity index (χ3n) is 2.30. The average molecular weight is 257 g/mol. The van der Waals surface area contributed by atoms with Crippen LogP contribution in [0.25, 0.3) is 0 Å². The van der Waals surface area contributed by atoms with E-state index in [0.29, 0.717) is 18.6 Å². The van der Waals surface area contributed by atoms with E-state index < -0.39 is 5.60 Å². The van der Waals surface area contributed by atoms with Gasteiger partial charge in [0, 0.05) is 25.1 Å². The van der Waals surface area contributed by atoms with Crippen molar-refractivity contribution in [1.29, 1.82) is 0 Å². The molecule has 1 heterocycles. The summed E-state index contributed by atoms with van der Waals surface area (Å²) in [6.07, 6.45) is 4.48. The monoisotopic (exact) mass is 257 g/mol. The van der Waals surface area contributed by atoms with Crippen molar-refractivity contribution >= 4 is 17.7 Å². The quantitative estimate of drug-likeness (QED) is 0.776. The number of aliphatic hydroxyl groups is 1. The second kappa shape index (κ2) is 6.71. The highest BCUT2D eigenvalue weighted by Crippen LogP contribution is 2.09. The third-order valence-corrected chi connectivity index (χ3v) is 3.21. The second-order valence-corrected chi connectivity index (χ2v) is 5.15. The van der Waals surface area contributed by atoms with Crippen LogP contribution in [0, 0.1) is 0 Å². The Morgan fingerprint density at radius 2 is 2.41 bits per heavy atom. The van der Waals surface area contributed by atoms with E-state index in [0.717, 1.165) is 5.76 Å². The number of furan rings is 1. The van der Waals surface area contributed by atoms with Crippen LogP contribution in [0.1, 0.15) is 19.1 Å². The molecule has 5 heteroatoms. The van der Waals surface area contributed by atoms with E-state index in [1.165, 1.54) is 0 Å². The predicted octanol–water partition coefficient (Wildman–Crippen LogP) is 1.44. The van der Waals surface area contributed by atoms with Crippen molar-refractivity contribution in [3.05, 3.63) is 24.2 Å². The maximum Gasteiger partial charge on any atom is 0.220 e. The van der Waals surface area contributed by atoms with Crippen molar-refractivity contribution < 1.29 is 14.3 Å². The van der Waals surface area contributed by atoms with Crippen LogP contribution in [0.5, 0.6) is 0 Å². The summed E-state index contributed by atoms with van der Waals surface area (Å²) in [6.45, 7) is 2.00. The fraction of sp³-hybridized carbons (Fsp3) is 0.583. The van der Waals surface area contributed by atoms with E-state index in [9.17, 15) is 9.90 Å². The first-order chi connectivity index (χ1) is 8.03. The number of thioether (sulfide) groups is 1. The first-order valence-corrected chi connectivity index (χ1v) is 6.93. The molecule has 1 unspecified atom stereocenters. The highest BCUT2D eigenvalue weighted by atomic mass is 32.2. The van der Waals surface area contributed by atoms with E-state index in [2.05, 4.69) is 5.32 Å². The van der Waals surface area contributed by atoms with Gasteiger partial charge in [-0.25, -0.2) is 0 Å². The molecule has 1 rings (SSSR count). The van der Waals surface area contributed by atoms with Crippen molar-refractivity contribution in [3.63, 3.8) is 0 Å². The number of carbonyl (C=O) groups is 1. The van der Waals surface area contributed by atoms with Gasteiger partial charge in [-0.1, -0.05) is 0 Å². The van der Waals surface area contributed by atoms with Crippen molar-refractivity contribution in [2.45, 2.75) is 25.4 Å². The minimum atomic E-state index is -0.847. The van der Waals surface area contributed by atoms with E-state index in [1.54, 1.807) is 31.0 Å². The summed E-state index contributed by atoms with van der Waals surface area (Å²) in [7, 11) is 0. The van der Waals surface area contributed by atoms with Crippen LogP contribution in [-0.4, -0.2) is 35.2 Å². The second-order valence-electron chi connectivity index (χ2n) is 4.29. The molecule has 0 aromatic carbocycles. The molecule has 0 radical (unpaired) electrons. The Bertz CT molecular complexity index is 336. The molecule has 1 aromatic rings. The zero-order valence-corrected chi connectivity index (χ0v) is 11.0. The van der Waals surface area contributed by atoms with Gasteiger partial charge in [0.15, 0.2) is 0 Å². The van der Waals surface area contributed by atoms with Crippen molar-refractivity contribution in [2.75, 3.05) is 18.6 Å². The molecule has 0 aliphatic carbocycles. The lowest BCUT2D eigenvalue weighted by molar-refractivity contribution is -0.122. The molecule has 1 atom stereocenters. The maximum atomic E-state index is 11.5. The number of hydrogen-bond acceptors (Lipinski definition) is 4. The van der Waals surface area contributed by atoms with Crippen molar-refractivity contribution in [1.82, 2.24) is 5.32 Å². The molecular formula is C12H19NO3S. The number of carbonyl (C=O) groups excluding carboxylic acids is 1. The summed E-state index contributed by atoms with van der Waals surface area (Å²) < 4.78 is 5.14. The summed E-state index contributed by atoms with van der Waals surface area (Å²) in [5.74, 6) is 1.34. The van der Waals surface area contributed by atoms with Crippen LogP contribution in [0.4, 0.5) is 0 Å². The molecular weight excluding hydrogens is 238 g/mol. The van der Waals surface area contributed by atoms with Gasteiger partial charge in [0.1, 0.15) is 5.76 Å². The lowest BCUT2D eigenvalue weighted by Crippen LogP contribution is -2.42. The van der Waals surface area contributed by atoms with Gasteiger partial charge >= 0.3 is 0 Å². The normalized spacial score (nSPS) is 14.3. The molecule has 4 nitrogen and oxygen atoms in total. The van der Waals surface area contributed by atoms with Crippen LogP contribution >= 0.6 is 11.8 Å². The summed E-state index contributed by atoms with van der Waals surface area (Å²) in [4.78, 5) is 11.5. The lowest BCUT2D eigenvalue weighted by atomic mass is 10.1. The first-order valence-electron chi connectivity index (χ1n) is 5.54. The largest absolute Gasteiger partial charge is 0.469 e. The van der Waals surface area contributed by atoms with Crippen LogP contribution in [0.3, 0.4) is 0 Å². The maximum absolute atomic E-state index is 11.5. The van der Waals surface area contributed by atoms with Crippen molar-refractivity contribution in [2.24, 2.45) is 0 Å². The van der Waals surface area contributed by atoms with Gasteiger partial charge in [-0.05, 0) is 25.3 Å². The Morgan fingerprint density at radius 3 is 3.00 bits per heavy atom. The van der Waals surface area contributed by atoms with Crippen LogP contribution in [-0.2, 0) is 11.2 Å². The number of rotatable bonds is 7. The zero-order valence-electron chi connectivity index (χ0n) is 10.2. The third kappa shape index (κ3) is 5.79. The predicted molar refractivity (Wildman–Crippen MR) is 69.0 cm³/mol. The van der Waals surface area contributed by atoms with Gasteiger partial charge in [0.25, 0.3) is 0 Å². The minimum absolute atomic E-state index is 0.0669. The molecule has 17 heavy (non-hydrogen) atoms. The fourth-order valence-electron chi connectivity index (χ4n) is 1.43. The lowest BCUT2D eigenvalue weighted by Gasteiger charge is -2.22. The van der Waals surface area contributed by atoms with E-state index >= 15 is 0 Å². The molecule has 96 valence electrons. The molecule has 0 bridgehead atoms. The van der Waals surface area contributed by atoms with Gasteiger partial charge in [-0.15, -0.1) is 0 Å². The molecule has 1 amide bonds. The Hall–Kier alpha value is -0.940. The van der Waals surface area contributed by atoms with Gasteiger partial charge in [-0.2, -0.15) is 11.8 Å². The summed E-state index contributed by atoms with van der Waals surface area (Å²) in [5, 5.41) is 12.6. The zero-order chi connectivity index (χ0) is 12.7. The Morgan fingerprint density at radius 1 is 1.65 bits per heavy atom. The standard InChI is InChI=1S/C12H19NO3S/c1-12(15,9-17-2)8-13-11(14)6-5-10-4-3-7-16-10/h3-4,7,15H,5-6,8-9H2,1-2H3,(H,13,14).